The molecule has 5 nitrogen and oxygen atoms in total. The number of rotatable bonds is 3. The molecule has 2 N–H and O–H groups in total. The van der Waals surface area contributed by atoms with Crippen molar-refractivity contribution in [3.05, 3.63) is 47.5 Å². The van der Waals surface area contributed by atoms with Gasteiger partial charge in [-0.2, -0.15) is 0 Å². The number of aromatic nitrogens is 3. The Labute approximate surface area is 113 Å². The minimum atomic E-state index is 0.256. The van der Waals surface area contributed by atoms with Gasteiger partial charge in [0.1, 0.15) is 12.2 Å². The lowest BCUT2D eigenvalue weighted by Crippen LogP contribution is -2.39. The Morgan fingerprint density at radius 3 is 2.95 bits per heavy atom. The van der Waals surface area contributed by atoms with E-state index < -0.39 is 0 Å². The second-order valence-electron chi connectivity index (χ2n) is 5.02. The van der Waals surface area contributed by atoms with E-state index in [1.54, 1.807) is 6.33 Å². The van der Waals surface area contributed by atoms with Crippen molar-refractivity contribution in [1.29, 1.82) is 0 Å². The average Bonchev–Trinajstić information content (AvgIpc) is 2.89. The van der Waals surface area contributed by atoms with Crippen molar-refractivity contribution in [1.82, 2.24) is 19.7 Å². The fraction of sp³-hybridized carbons (Fsp3) is 0.429. The van der Waals surface area contributed by atoms with Crippen LogP contribution in [0, 0.1) is 6.92 Å². The SMILES string of the molecule is Cc1ccccc1C(CN)N1CCn2cnnc2C1. The summed E-state index contributed by atoms with van der Waals surface area (Å²) >= 11 is 0. The summed E-state index contributed by atoms with van der Waals surface area (Å²) in [4.78, 5) is 2.40. The predicted octanol–water partition coefficient (Wildman–Crippen LogP) is 1.10. The molecule has 0 bridgehead atoms. The third-order valence-electron chi connectivity index (χ3n) is 3.88. The van der Waals surface area contributed by atoms with Gasteiger partial charge in [0.15, 0.2) is 0 Å². The number of nitrogens with two attached hydrogens (primary N) is 1. The molecular formula is C14H19N5. The topological polar surface area (TPSA) is 60.0 Å². The molecule has 0 saturated heterocycles. The number of nitrogens with zero attached hydrogens (tertiary/aromatic N) is 4. The molecule has 1 aromatic heterocycles. The zero-order chi connectivity index (χ0) is 13.2. The molecule has 0 aliphatic carbocycles. The van der Waals surface area contributed by atoms with E-state index >= 15 is 0 Å². The van der Waals surface area contributed by atoms with Crippen molar-refractivity contribution >= 4 is 0 Å². The lowest BCUT2D eigenvalue weighted by molar-refractivity contribution is 0.156. The standard InChI is InChI=1S/C14H19N5/c1-11-4-2-3-5-12(11)13(8-15)18-6-7-19-10-16-17-14(19)9-18/h2-5,10,13H,6-9,15H2,1H3. The molecule has 3 rings (SSSR count). The van der Waals surface area contributed by atoms with Crippen molar-refractivity contribution < 1.29 is 0 Å². The summed E-state index contributed by atoms with van der Waals surface area (Å²) in [6, 6.07) is 8.72. The third-order valence-corrected chi connectivity index (χ3v) is 3.88. The zero-order valence-electron chi connectivity index (χ0n) is 11.2. The van der Waals surface area contributed by atoms with Crippen molar-refractivity contribution in [3.8, 4) is 0 Å². The molecule has 0 fully saturated rings. The highest BCUT2D eigenvalue weighted by atomic mass is 15.3. The maximum atomic E-state index is 6.02. The quantitative estimate of drug-likeness (QED) is 0.894. The molecule has 0 saturated carbocycles. The maximum absolute atomic E-state index is 6.02. The van der Waals surface area contributed by atoms with E-state index in [-0.39, 0.29) is 6.04 Å². The minimum Gasteiger partial charge on any atom is -0.329 e. The van der Waals surface area contributed by atoms with E-state index in [0.29, 0.717) is 6.54 Å². The number of benzene rings is 1. The van der Waals surface area contributed by atoms with Gasteiger partial charge in [-0.15, -0.1) is 10.2 Å². The van der Waals surface area contributed by atoms with E-state index in [1.807, 2.05) is 0 Å². The first-order valence-corrected chi connectivity index (χ1v) is 6.66. The van der Waals surface area contributed by atoms with Gasteiger partial charge in [-0.3, -0.25) is 4.90 Å². The summed E-state index contributed by atoms with van der Waals surface area (Å²) in [5.41, 5.74) is 8.63. The Morgan fingerprint density at radius 1 is 1.32 bits per heavy atom. The second-order valence-corrected chi connectivity index (χ2v) is 5.02. The highest BCUT2D eigenvalue weighted by molar-refractivity contribution is 5.29. The molecule has 2 heterocycles. The zero-order valence-corrected chi connectivity index (χ0v) is 11.2. The predicted molar refractivity (Wildman–Crippen MR) is 73.4 cm³/mol. The minimum absolute atomic E-state index is 0.256. The van der Waals surface area contributed by atoms with Gasteiger partial charge in [-0.05, 0) is 18.1 Å². The highest BCUT2D eigenvalue weighted by Gasteiger charge is 2.25. The van der Waals surface area contributed by atoms with Crippen molar-refractivity contribution in [2.75, 3.05) is 13.1 Å². The molecule has 2 aromatic rings. The Morgan fingerprint density at radius 2 is 2.16 bits per heavy atom. The summed E-state index contributed by atoms with van der Waals surface area (Å²) in [6.45, 7) is 5.51. The van der Waals surface area contributed by atoms with Crippen LogP contribution in [0.25, 0.3) is 0 Å². The van der Waals surface area contributed by atoms with Crippen LogP contribution < -0.4 is 5.73 Å². The van der Waals surface area contributed by atoms with Crippen LogP contribution in [0.15, 0.2) is 30.6 Å². The third kappa shape index (κ3) is 2.27. The molecule has 1 aromatic carbocycles. The first-order chi connectivity index (χ1) is 9.29. The van der Waals surface area contributed by atoms with Crippen LogP contribution in [0.2, 0.25) is 0 Å². The van der Waals surface area contributed by atoms with Crippen molar-refractivity contribution in [2.24, 2.45) is 5.73 Å². The molecule has 0 spiro atoms. The van der Waals surface area contributed by atoms with Gasteiger partial charge in [0.05, 0.1) is 6.54 Å². The molecule has 5 heteroatoms. The molecule has 0 radical (unpaired) electrons. The Bertz CT molecular complexity index is 562. The van der Waals surface area contributed by atoms with Crippen molar-refractivity contribution in [3.63, 3.8) is 0 Å². The van der Waals surface area contributed by atoms with Gasteiger partial charge in [-0.25, -0.2) is 0 Å². The van der Waals surface area contributed by atoms with Gasteiger partial charge in [0.2, 0.25) is 0 Å². The monoisotopic (exact) mass is 257 g/mol. The molecular weight excluding hydrogens is 238 g/mol. The summed E-state index contributed by atoms with van der Waals surface area (Å²) < 4.78 is 2.11. The van der Waals surface area contributed by atoms with Crippen LogP contribution in [-0.2, 0) is 13.1 Å². The molecule has 100 valence electrons. The van der Waals surface area contributed by atoms with Crippen LogP contribution in [0.1, 0.15) is 23.0 Å². The summed E-state index contributed by atoms with van der Waals surface area (Å²) in [6.07, 6.45) is 1.80. The maximum Gasteiger partial charge on any atom is 0.147 e. The lowest BCUT2D eigenvalue weighted by Gasteiger charge is -2.34. The first-order valence-electron chi connectivity index (χ1n) is 6.66. The van der Waals surface area contributed by atoms with Gasteiger partial charge in [0, 0.05) is 25.7 Å². The van der Waals surface area contributed by atoms with Crippen LogP contribution >= 0.6 is 0 Å². The molecule has 0 amide bonds. The van der Waals surface area contributed by atoms with E-state index in [4.69, 9.17) is 5.73 Å². The van der Waals surface area contributed by atoms with E-state index in [9.17, 15) is 0 Å². The van der Waals surface area contributed by atoms with Crippen LogP contribution in [0.4, 0.5) is 0 Å². The van der Waals surface area contributed by atoms with Gasteiger partial charge >= 0.3 is 0 Å². The molecule has 1 aliphatic rings. The van der Waals surface area contributed by atoms with Crippen LogP contribution in [0.3, 0.4) is 0 Å². The largest absolute Gasteiger partial charge is 0.329 e. The molecule has 1 atom stereocenters. The second kappa shape index (κ2) is 5.11. The Kier molecular flexibility index (Phi) is 3.31. The first kappa shape index (κ1) is 12.3. The van der Waals surface area contributed by atoms with Crippen molar-refractivity contribution in [2.45, 2.75) is 26.1 Å². The highest BCUT2D eigenvalue weighted by Crippen LogP contribution is 2.26. The molecule has 1 aliphatic heterocycles. The Hall–Kier alpha value is -1.72. The smallest absolute Gasteiger partial charge is 0.147 e. The molecule has 19 heavy (non-hydrogen) atoms. The van der Waals surface area contributed by atoms with Crippen LogP contribution in [-0.4, -0.2) is 32.8 Å². The number of hydrogen-bond donors (Lipinski definition) is 1. The van der Waals surface area contributed by atoms with Gasteiger partial charge in [-0.1, -0.05) is 24.3 Å². The average molecular weight is 257 g/mol. The number of fused-ring (bicyclic) bond motifs is 1. The fourth-order valence-electron chi connectivity index (χ4n) is 2.78. The Balaban J connectivity index is 1.86. The van der Waals surface area contributed by atoms with E-state index in [0.717, 1.165) is 25.5 Å². The molecule has 1 unspecified atom stereocenters. The summed E-state index contributed by atoms with van der Waals surface area (Å²) in [5.74, 6) is 1.03. The summed E-state index contributed by atoms with van der Waals surface area (Å²) in [7, 11) is 0. The van der Waals surface area contributed by atoms with Crippen LogP contribution in [0.5, 0.6) is 0 Å². The number of hydrogen-bond acceptors (Lipinski definition) is 4. The lowest BCUT2D eigenvalue weighted by atomic mass is 9.99. The van der Waals surface area contributed by atoms with Gasteiger partial charge < -0.3 is 10.3 Å². The van der Waals surface area contributed by atoms with E-state index in [1.165, 1.54) is 11.1 Å². The number of aryl methyl sites for hydroxylation is 1. The van der Waals surface area contributed by atoms with E-state index in [2.05, 4.69) is 50.9 Å². The van der Waals surface area contributed by atoms with Gasteiger partial charge in [0.25, 0.3) is 0 Å². The normalized spacial score (nSPS) is 17.2. The fourth-order valence-corrected chi connectivity index (χ4v) is 2.78. The summed E-state index contributed by atoms with van der Waals surface area (Å²) in [5, 5.41) is 8.14.